The molecule has 0 unspecified atom stereocenters. The molecule has 0 saturated heterocycles. The van der Waals surface area contributed by atoms with Crippen LogP contribution in [-0.2, 0) is 0 Å². The first-order valence-electron chi connectivity index (χ1n) is 5.30. The molecule has 5 heteroatoms. The second-order valence-electron chi connectivity index (χ2n) is 3.84. The highest BCUT2D eigenvalue weighted by molar-refractivity contribution is 6.29. The summed E-state index contributed by atoms with van der Waals surface area (Å²) in [6.45, 7) is 1.93. The lowest BCUT2D eigenvalue weighted by Gasteiger charge is -2.11. The van der Waals surface area contributed by atoms with Crippen LogP contribution in [0.3, 0.4) is 0 Å². The number of nitrogens with zero attached hydrogens (tertiary/aromatic N) is 2. The molecule has 0 fully saturated rings. The van der Waals surface area contributed by atoms with Gasteiger partial charge in [-0.3, -0.25) is 0 Å². The van der Waals surface area contributed by atoms with E-state index in [1.807, 2.05) is 13.0 Å². The number of nitrogen functional groups attached to an aromatic ring is 1. The molecule has 18 heavy (non-hydrogen) atoms. The Morgan fingerprint density at radius 2 is 2.11 bits per heavy atom. The number of benzene rings is 1. The summed E-state index contributed by atoms with van der Waals surface area (Å²) in [5.41, 5.74) is 8.67. The van der Waals surface area contributed by atoms with E-state index >= 15 is 0 Å². The van der Waals surface area contributed by atoms with Crippen LogP contribution < -0.4 is 11.1 Å². The summed E-state index contributed by atoms with van der Waals surface area (Å²) < 4.78 is 0. The number of hydrogen-bond donors (Lipinski definition) is 2. The predicted octanol–water partition coefficient (Wildman–Crippen LogP) is 3.24. The fraction of sp³-hybridized carbons (Fsp3) is 0.0769. The first kappa shape index (κ1) is 12.2. The Bertz CT molecular complexity index is 631. The highest BCUT2D eigenvalue weighted by Gasteiger charge is 2.05. The zero-order valence-corrected chi connectivity index (χ0v) is 10.5. The van der Waals surface area contributed by atoms with Gasteiger partial charge in [0.25, 0.3) is 0 Å². The Morgan fingerprint density at radius 3 is 2.83 bits per heavy atom. The fourth-order valence-corrected chi connectivity index (χ4v) is 1.65. The van der Waals surface area contributed by atoms with Crippen molar-refractivity contribution in [3.8, 4) is 6.07 Å². The van der Waals surface area contributed by atoms with Gasteiger partial charge in [0.2, 0.25) is 0 Å². The van der Waals surface area contributed by atoms with Crippen molar-refractivity contribution in [2.75, 3.05) is 11.1 Å². The molecule has 1 aromatic heterocycles. The molecule has 0 aliphatic heterocycles. The van der Waals surface area contributed by atoms with Crippen molar-refractivity contribution in [2.45, 2.75) is 6.92 Å². The normalized spacial score (nSPS) is 9.83. The minimum Gasteiger partial charge on any atom is -0.396 e. The molecule has 0 saturated carbocycles. The van der Waals surface area contributed by atoms with E-state index in [1.165, 1.54) is 0 Å². The number of nitriles is 1. The van der Waals surface area contributed by atoms with E-state index in [9.17, 15) is 0 Å². The topological polar surface area (TPSA) is 74.7 Å². The molecule has 2 rings (SSSR count). The van der Waals surface area contributed by atoms with E-state index in [-0.39, 0.29) is 0 Å². The van der Waals surface area contributed by atoms with Crippen LogP contribution in [0.2, 0.25) is 5.15 Å². The van der Waals surface area contributed by atoms with Gasteiger partial charge in [0.15, 0.2) is 5.82 Å². The first-order valence-corrected chi connectivity index (χ1v) is 5.68. The molecule has 90 valence electrons. The van der Waals surface area contributed by atoms with Crippen molar-refractivity contribution in [1.82, 2.24) is 4.98 Å². The molecular weight excluding hydrogens is 248 g/mol. The van der Waals surface area contributed by atoms with Crippen LogP contribution in [0.5, 0.6) is 0 Å². The standard InChI is InChI=1S/C13H11ClN4/c1-8-2-3-9(7-15)6-11(8)17-13-10(16)4-5-12(14)18-13/h2-6H,16H2,1H3,(H,17,18). The third kappa shape index (κ3) is 2.53. The molecule has 0 spiro atoms. The predicted molar refractivity (Wildman–Crippen MR) is 72.8 cm³/mol. The van der Waals surface area contributed by atoms with Gasteiger partial charge < -0.3 is 11.1 Å². The second kappa shape index (κ2) is 4.94. The van der Waals surface area contributed by atoms with E-state index in [0.29, 0.717) is 22.2 Å². The Hall–Kier alpha value is -2.25. The zero-order valence-electron chi connectivity index (χ0n) is 9.74. The number of aromatic nitrogens is 1. The van der Waals surface area contributed by atoms with Crippen LogP contribution >= 0.6 is 11.6 Å². The Morgan fingerprint density at radius 1 is 1.33 bits per heavy atom. The molecule has 0 aliphatic rings. The highest BCUT2D eigenvalue weighted by Crippen LogP contribution is 2.25. The van der Waals surface area contributed by atoms with Gasteiger partial charge in [0.1, 0.15) is 5.15 Å². The number of aryl methyl sites for hydroxylation is 1. The lowest BCUT2D eigenvalue weighted by atomic mass is 10.1. The number of hydrogen-bond acceptors (Lipinski definition) is 4. The molecule has 0 radical (unpaired) electrons. The highest BCUT2D eigenvalue weighted by atomic mass is 35.5. The van der Waals surface area contributed by atoms with Crippen molar-refractivity contribution < 1.29 is 0 Å². The summed E-state index contributed by atoms with van der Waals surface area (Å²) in [6.07, 6.45) is 0. The van der Waals surface area contributed by atoms with Gasteiger partial charge in [-0.05, 0) is 36.8 Å². The quantitative estimate of drug-likeness (QED) is 0.811. The van der Waals surface area contributed by atoms with Gasteiger partial charge in [-0.2, -0.15) is 5.26 Å². The van der Waals surface area contributed by atoms with Gasteiger partial charge in [0.05, 0.1) is 17.3 Å². The van der Waals surface area contributed by atoms with Crippen molar-refractivity contribution >= 4 is 28.8 Å². The minimum atomic E-state index is 0.362. The number of nitrogens with two attached hydrogens (primary N) is 1. The van der Waals surface area contributed by atoms with Gasteiger partial charge in [-0.25, -0.2) is 4.98 Å². The molecule has 0 aliphatic carbocycles. The fourth-order valence-electron chi connectivity index (χ4n) is 1.50. The van der Waals surface area contributed by atoms with E-state index in [4.69, 9.17) is 22.6 Å². The van der Waals surface area contributed by atoms with E-state index in [1.54, 1.807) is 24.3 Å². The lowest BCUT2D eigenvalue weighted by Crippen LogP contribution is -2.00. The number of nitrogens with one attached hydrogen (secondary N) is 1. The zero-order chi connectivity index (χ0) is 13.1. The number of anilines is 3. The van der Waals surface area contributed by atoms with Gasteiger partial charge in [-0.1, -0.05) is 17.7 Å². The first-order chi connectivity index (χ1) is 8.60. The molecule has 0 amide bonds. The summed E-state index contributed by atoms with van der Waals surface area (Å²) in [7, 11) is 0. The van der Waals surface area contributed by atoms with Crippen molar-refractivity contribution in [3.63, 3.8) is 0 Å². The van der Waals surface area contributed by atoms with E-state index < -0.39 is 0 Å². The van der Waals surface area contributed by atoms with Crippen LogP contribution in [-0.4, -0.2) is 4.98 Å². The summed E-state index contributed by atoms with van der Waals surface area (Å²) in [5.74, 6) is 0.487. The molecular formula is C13H11ClN4. The third-order valence-corrected chi connectivity index (χ3v) is 2.72. The number of rotatable bonds is 2. The maximum atomic E-state index is 8.88. The molecule has 1 aromatic carbocycles. The smallest absolute Gasteiger partial charge is 0.155 e. The number of pyridine rings is 1. The van der Waals surface area contributed by atoms with Gasteiger partial charge in [0, 0.05) is 5.69 Å². The average Bonchev–Trinajstić information content (AvgIpc) is 2.36. The minimum absolute atomic E-state index is 0.362. The van der Waals surface area contributed by atoms with Gasteiger partial charge in [-0.15, -0.1) is 0 Å². The monoisotopic (exact) mass is 258 g/mol. The van der Waals surface area contributed by atoms with Crippen LogP contribution in [0.25, 0.3) is 0 Å². The van der Waals surface area contributed by atoms with Crippen molar-refractivity contribution in [1.29, 1.82) is 5.26 Å². The van der Waals surface area contributed by atoms with Gasteiger partial charge >= 0.3 is 0 Å². The maximum Gasteiger partial charge on any atom is 0.155 e. The molecule has 1 heterocycles. The van der Waals surface area contributed by atoms with Crippen LogP contribution in [0.1, 0.15) is 11.1 Å². The van der Waals surface area contributed by atoms with Crippen molar-refractivity contribution in [2.24, 2.45) is 0 Å². The molecule has 3 N–H and O–H groups in total. The van der Waals surface area contributed by atoms with Crippen LogP contribution in [0.4, 0.5) is 17.2 Å². The number of halogens is 1. The SMILES string of the molecule is Cc1ccc(C#N)cc1Nc1nc(Cl)ccc1N. The maximum absolute atomic E-state index is 8.88. The van der Waals surface area contributed by atoms with Crippen LogP contribution in [0, 0.1) is 18.3 Å². The van der Waals surface area contributed by atoms with Crippen LogP contribution in [0.15, 0.2) is 30.3 Å². The Labute approximate surface area is 110 Å². The second-order valence-corrected chi connectivity index (χ2v) is 4.23. The summed E-state index contributed by atoms with van der Waals surface area (Å²) in [4.78, 5) is 4.11. The molecule has 0 atom stereocenters. The lowest BCUT2D eigenvalue weighted by molar-refractivity contribution is 1.30. The molecule has 4 nitrogen and oxygen atoms in total. The van der Waals surface area contributed by atoms with E-state index in [0.717, 1.165) is 11.3 Å². The van der Waals surface area contributed by atoms with Crippen molar-refractivity contribution in [3.05, 3.63) is 46.6 Å². The largest absolute Gasteiger partial charge is 0.396 e. The summed E-state index contributed by atoms with van der Waals surface area (Å²) >= 11 is 5.82. The molecule has 2 aromatic rings. The summed E-state index contributed by atoms with van der Waals surface area (Å²) in [6, 6.07) is 10.8. The third-order valence-electron chi connectivity index (χ3n) is 2.51. The average molecular weight is 259 g/mol. The molecule has 0 bridgehead atoms. The van der Waals surface area contributed by atoms with E-state index in [2.05, 4.69) is 16.4 Å². The Balaban J connectivity index is 2.39. The Kier molecular flexibility index (Phi) is 3.35. The summed E-state index contributed by atoms with van der Waals surface area (Å²) in [5, 5.41) is 12.3.